The third-order valence-electron chi connectivity index (χ3n) is 1.50. The molecule has 1 aromatic heterocycles. The van der Waals surface area contributed by atoms with Gasteiger partial charge < -0.3 is 0 Å². The largest absolute Gasteiger partial charge is 0.299 e. The van der Waals surface area contributed by atoms with Gasteiger partial charge in [0, 0.05) is 11.1 Å². The van der Waals surface area contributed by atoms with Crippen molar-refractivity contribution in [3.8, 4) is 0 Å². The van der Waals surface area contributed by atoms with Gasteiger partial charge in [0.2, 0.25) is 0 Å². The maximum Gasteiger partial charge on any atom is 0.299 e. The molecule has 0 aliphatic rings. The standard InChI is InChI=1S/C6H2ClN3O2S/c7-3-1-4-6(9-13-8-4)5(2-3)10(11)12/h1-2H. The number of aromatic nitrogens is 2. The molecule has 5 nitrogen and oxygen atoms in total. The first-order valence-electron chi connectivity index (χ1n) is 3.24. The average molecular weight is 216 g/mol. The van der Waals surface area contributed by atoms with Crippen molar-refractivity contribution in [1.29, 1.82) is 0 Å². The Bertz CT molecular complexity index is 484. The molecule has 0 radical (unpaired) electrons. The van der Waals surface area contributed by atoms with Crippen molar-refractivity contribution < 1.29 is 4.92 Å². The van der Waals surface area contributed by atoms with E-state index in [2.05, 4.69) is 8.75 Å². The van der Waals surface area contributed by atoms with Gasteiger partial charge in [0.1, 0.15) is 5.52 Å². The summed E-state index contributed by atoms with van der Waals surface area (Å²) in [5.41, 5.74) is 0.653. The summed E-state index contributed by atoms with van der Waals surface area (Å²) in [6.07, 6.45) is 0. The molecule has 0 atom stereocenters. The molecule has 0 spiro atoms. The van der Waals surface area contributed by atoms with Gasteiger partial charge in [-0.2, -0.15) is 8.75 Å². The van der Waals surface area contributed by atoms with E-state index >= 15 is 0 Å². The third-order valence-corrected chi connectivity index (χ3v) is 2.26. The number of rotatable bonds is 1. The second-order valence-corrected chi connectivity index (χ2v) is 3.28. The van der Waals surface area contributed by atoms with Crippen LogP contribution in [0.5, 0.6) is 0 Å². The van der Waals surface area contributed by atoms with Crippen molar-refractivity contribution in [3.63, 3.8) is 0 Å². The Morgan fingerprint density at radius 2 is 2.23 bits per heavy atom. The second kappa shape index (κ2) is 2.90. The first kappa shape index (κ1) is 8.33. The zero-order chi connectivity index (χ0) is 9.42. The highest BCUT2D eigenvalue weighted by atomic mass is 35.5. The van der Waals surface area contributed by atoms with Crippen LogP contribution in [0.1, 0.15) is 0 Å². The minimum absolute atomic E-state index is 0.101. The van der Waals surface area contributed by atoms with Gasteiger partial charge in [-0.3, -0.25) is 10.1 Å². The quantitative estimate of drug-likeness (QED) is 0.540. The van der Waals surface area contributed by atoms with Gasteiger partial charge >= 0.3 is 0 Å². The lowest BCUT2D eigenvalue weighted by Gasteiger charge is -1.92. The van der Waals surface area contributed by atoms with E-state index < -0.39 is 4.92 Å². The summed E-state index contributed by atoms with van der Waals surface area (Å²) >= 11 is 6.59. The van der Waals surface area contributed by atoms with Crippen LogP contribution in [0.15, 0.2) is 12.1 Å². The molecular formula is C6H2ClN3O2S. The number of benzene rings is 1. The summed E-state index contributed by atoms with van der Waals surface area (Å²) in [5.74, 6) is 0. The van der Waals surface area contributed by atoms with Crippen molar-refractivity contribution in [1.82, 2.24) is 8.75 Å². The van der Waals surface area contributed by atoms with Crippen LogP contribution in [0, 0.1) is 10.1 Å². The number of halogens is 1. The molecule has 0 fully saturated rings. The van der Waals surface area contributed by atoms with Crippen molar-refractivity contribution in [2.24, 2.45) is 0 Å². The number of fused-ring (bicyclic) bond motifs is 1. The molecule has 0 saturated heterocycles. The molecule has 13 heavy (non-hydrogen) atoms. The number of non-ortho nitro benzene ring substituents is 1. The van der Waals surface area contributed by atoms with Gasteiger partial charge in [-0.15, -0.1) is 0 Å². The Morgan fingerprint density at radius 1 is 1.46 bits per heavy atom. The summed E-state index contributed by atoms with van der Waals surface area (Å²) in [4.78, 5) is 10.0. The van der Waals surface area contributed by atoms with Gasteiger partial charge in [-0.1, -0.05) is 11.6 Å². The van der Waals surface area contributed by atoms with Crippen LogP contribution in [-0.2, 0) is 0 Å². The summed E-state index contributed by atoms with van der Waals surface area (Å²) in [7, 11) is 0. The molecule has 7 heteroatoms. The van der Waals surface area contributed by atoms with E-state index in [9.17, 15) is 10.1 Å². The molecule has 2 aromatic rings. The van der Waals surface area contributed by atoms with Crippen LogP contribution >= 0.6 is 23.3 Å². The van der Waals surface area contributed by atoms with Crippen molar-refractivity contribution >= 4 is 40.0 Å². The molecular weight excluding hydrogens is 214 g/mol. The van der Waals surface area contributed by atoms with E-state index in [1.165, 1.54) is 6.07 Å². The lowest BCUT2D eigenvalue weighted by atomic mass is 10.3. The van der Waals surface area contributed by atoms with E-state index in [0.29, 0.717) is 16.1 Å². The van der Waals surface area contributed by atoms with Crippen molar-refractivity contribution in [2.45, 2.75) is 0 Å². The van der Waals surface area contributed by atoms with E-state index in [-0.39, 0.29) is 5.69 Å². The molecule has 1 heterocycles. The number of hydrogen-bond acceptors (Lipinski definition) is 5. The maximum absolute atomic E-state index is 10.5. The lowest BCUT2D eigenvalue weighted by Crippen LogP contribution is -1.89. The number of hydrogen-bond donors (Lipinski definition) is 0. The molecule has 66 valence electrons. The lowest BCUT2D eigenvalue weighted by molar-refractivity contribution is -0.383. The van der Waals surface area contributed by atoms with Gasteiger partial charge in [0.05, 0.1) is 16.7 Å². The van der Waals surface area contributed by atoms with E-state index in [1.54, 1.807) is 6.07 Å². The van der Waals surface area contributed by atoms with Crippen LogP contribution in [0.25, 0.3) is 11.0 Å². The predicted octanol–water partition coefficient (Wildman–Crippen LogP) is 2.25. The normalized spacial score (nSPS) is 10.5. The minimum atomic E-state index is -0.518. The van der Waals surface area contributed by atoms with Crippen LogP contribution in [0.4, 0.5) is 5.69 Å². The topological polar surface area (TPSA) is 68.9 Å². The number of nitro groups is 1. The minimum Gasteiger partial charge on any atom is -0.258 e. The molecule has 0 amide bonds. The molecule has 0 saturated carbocycles. The SMILES string of the molecule is O=[N+]([O-])c1cc(Cl)cc2nsnc12. The van der Waals surface area contributed by atoms with E-state index in [1.807, 2.05) is 0 Å². The summed E-state index contributed by atoms with van der Waals surface area (Å²) in [6, 6.07) is 2.82. The second-order valence-electron chi connectivity index (χ2n) is 2.31. The van der Waals surface area contributed by atoms with Crippen LogP contribution in [-0.4, -0.2) is 13.7 Å². The summed E-state index contributed by atoms with van der Waals surface area (Å²) in [5, 5.41) is 10.8. The molecule has 0 aliphatic carbocycles. The van der Waals surface area contributed by atoms with Crippen LogP contribution in [0.2, 0.25) is 5.02 Å². The monoisotopic (exact) mass is 215 g/mol. The maximum atomic E-state index is 10.5. The van der Waals surface area contributed by atoms with Crippen LogP contribution in [0.3, 0.4) is 0 Å². The molecule has 1 aromatic carbocycles. The van der Waals surface area contributed by atoms with Gasteiger partial charge in [0.15, 0.2) is 5.52 Å². The molecule has 2 rings (SSSR count). The molecule has 0 unspecified atom stereocenters. The Hall–Kier alpha value is -1.27. The molecule has 0 N–H and O–H groups in total. The van der Waals surface area contributed by atoms with Gasteiger partial charge in [0.25, 0.3) is 5.69 Å². The Kier molecular flexibility index (Phi) is 1.86. The first-order valence-corrected chi connectivity index (χ1v) is 4.35. The van der Waals surface area contributed by atoms with Crippen molar-refractivity contribution in [3.05, 3.63) is 27.3 Å². The van der Waals surface area contributed by atoms with Gasteiger partial charge in [-0.05, 0) is 6.07 Å². The van der Waals surface area contributed by atoms with E-state index in [0.717, 1.165) is 11.7 Å². The zero-order valence-electron chi connectivity index (χ0n) is 6.10. The summed E-state index contributed by atoms with van der Waals surface area (Å²) in [6.45, 7) is 0. The fourth-order valence-electron chi connectivity index (χ4n) is 0.978. The van der Waals surface area contributed by atoms with Crippen molar-refractivity contribution in [2.75, 3.05) is 0 Å². The Balaban J connectivity index is 2.84. The highest BCUT2D eigenvalue weighted by Gasteiger charge is 2.16. The Morgan fingerprint density at radius 3 is 2.92 bits per heavy atom. The average Bonchev–Trinajstić information content (AvgIpc) is 2.49. The summed E-state index contributed by atoms with van der Waals surface area (Å²) < 4.78 is 7.68. The van der Waals surface area contributed by atoms with Gasteiger partial charge in [-0.25, -0.2) is 0 Å². The fraction of sp³-hybridized carbons (Fsp3) is 0. The third kappa shape index (κ3) is 1.34. The Labute approximate surface area is 81.4 Å². The highest BCUT2D eigenvalue weighted by molar-refractivity contribution is 7.00. The first-order chi connectivity index (χ1) is 6.18. The molecule has 0 aliphatic heterocycles. The van der Waals surface area contributed by atoms with E-state index in [4.69, 9.17) is 11.6 Å². The zero-order valence-corrected chi connectivity index (χ0v) is 7.67. The smallest absolute Gasteiger partial charge is 0.258 e. The highest BCUT2D eigenvalue weighted by Crippen LogP contribution is 2.27. The molecule has 0 bridgehead atoms. The number of nitrogens with zero attached hydrogens (tertiary/aromatic N) is 3. The van der Waals surface area contributed by atoms with Crippen LogP contribution < -0.4 is 0 Å². The fourth-order valence-corrected chi connectivity index (χ4v) is 1.72. The number of nitro benzene ring substituents is 1. The predicted molar refractivity (Wildman–Crippen MR) is 49.1 cm³/mol.